The Kier molecular flexibility index (Phi) is 11.5. The van der Waals surface area contributed by atoms with Crippen LogP contribution in [0.15, 0.2) is 48.5 Å². The summed E-state index contributed by atoms with van der Waals surface area (Å²) in [5, 5.41) is 6.15. The molecule has 41 heavy (non-hydrogen) atoms. The molecule has 0 radical (unpaired) electrons. The third-order valence-corrected chi connectivity index (χ3v) is 7.95. The van der Waals surface area contributed by atoms with Crippen molar-refractivity contribution >= 4 is 68.2 Å². The second kappa shape index (κ2) is 15.0. The number of alkyl halides is 2. The van der Waals surface area contributed by atoms with Crippen molar-refractivity contribution in [2.45, 2.75) is 12.2 Å². The van der Waals surface area contributed by atoms with Crippen LogP contribution in [0, 0.1) is 0 Å². The Morgan fingerprint density at radius 3 is 1.46 bits per heavy atom. The van der Waals surface area contributed by atoms with Crippen LogP contribution in [-0.2, 0) is 37.8 Å². The average molecular weight is 632 g/mol. The lowest BCUT2D eigenvalue weighted by Gasteiger charge is -2.27. The summed E-state index contributed by atoms with van der Waals surface area (Å²) in [6.45, 7) is 2.19. The van der Waals surface area contributed by atoms with Gasteiger partial charge in [-0.2, -0.15) is 8.42 Å². The summed E-state index contributed by atoms with van der Waals surface area (Å²) in [4.78, 5) is 27.3. The van der Waals surface area contributed by atoms with Crippen LogP contribution in [0.2, 0.25) is 0 Å². The SMILES string of the molecule is O=C1COCCN1c1ccc(NC[C@H](CCl)OS(=O)(=O)O[C@@H](CCl)CNc2ccc(N3CCOCC3=O)cc2)cc1. The van der Waals surface area contributed by atoms with Gasteiger partial charge >= 0.3 is 10.4 Å². The van der Waals surface area contributed by atoms with Gasteiger partial charge in [0, 0.05) is 48.9 Å². The summed E-state index contributed by atoms with van der Waals surface area (Å²) in [5.74, 6) is -0.444. The molecular weight excluding hydrogens is 599 g/mol. The smallest absolute Gasteiger partial charge is 0.382 e. The van der Waals surface area contributed by atoms with E-state index in [9.17, 15) is 18.0 Å². The van der Waals surface area contributed by atoms with Crippen molar-refractivity contribution in [2.24, 2.45) is 0 Å². The summed E-state index contributed by atoms with van der Waals surface area (Å²) in [6, 6.07) is 14.2. The Morgan fingerprint density at radius 2 is 1.12 bits per heavy atom. The standard InChI is InChI=1S/C26H32Cl2N4O8S/c27-13-23(15-29-19-1-5-21(6-2-19)31-9-11-37-17-25(31)33)39-41(35,36)40-24(14-28)16-30-20-3-7-22(8-4-20)32-10-12-38-18-26(32)34/h1-8,23-24,29-30H,9-18H2/t23-,24-/m0/s1. The van der Waals surface area contributed by atoms with Crippen LogP contribution in [0.5, 0.6) is 0 Å². The Hall–Kier alpha value is -2.65. The maximum absolute atomic E-state index is 12.6. The summed E-state index contributed by atoms with van der Waals surface area (Å²) < 4.78 is 45.8. The second-order valence-corrected chi connectivity index (χ2v) is 11.0. The van der Waals surface area contributed by atoms with E-state index < -0.39 is 22.6 Å². The van der Waals surface area contributed by atoms with Crippen molar-refractivity contribution in [3.8, 4) is 0 Å². The average Bonchev–Trinajstić information content (AvgIpc) is 2.98. The molecule has 2 N–H and O–H groups in total. The second-order valence-electron chi connectivity index (χ2n) is 9.20. The van der Waals surface area contributed by atoms with Gasteiger partial charge in [0.1, 0.15) is 25.4 Å². The Morgan fingerprint density at radius 1 is 0.732 bits per heavy atom. The molecule has 4 rings (SSSR count). The largest absolute Gasteiger partial charge is 0.400 e. The van der Waals surface area contributed by atoms with Gasteiger partial charge in [0.15, 0.2) is 0 Å². The fourth-order valence-electron chi connectivity index (χ4n) is 4.15. The van der Waals surface area contributed by atoms with Crippen molar-refractivity contribution in [3.05, 3.63) is 48.5 Å². The van der Waals surface area contributed by atoms with Crippen molar-refractivity contribution in [1.82, 2.24) is 0 Å². The monoisotopic (exact) mass is 630 g/mol. The highest BCUT2D eigenvalue weighted by Gasteiger charge is 2.25. The molecule has 0 unspecified atom stereocenters. The lowest BCUT2D eigenvalue weighted by Crippen LogP contribution is -2.41. The van der Waals surface area contributed by atoms with Crippen LogP contribution in [0.3, 0.4) is 0 Å². The van der Waals surface area contributed by atoms with Crippen molar-refractivity contribution in [1.29, 1.82) is 0 Å². The summed E-state index contributed by atoms with van der Waals surface area (Å²) in [5.41, 5.74) is 2.87. The van der Waals surface area contributed by atoms with Crippen LogP contribution in [-0.4, -0.2) is 96.8 Å². The molecule has 0 aliphatic carbocycles. The van der Waals surface area contributed by atoms with Gasteiger partial charge in [-0.25, -0.2) is 8.37 Å². The van der Waals surface area contributed by atoms with E-state index in [1.54, 1.807) is 58.3 Å². The molecule has 12 nitrogen and oxygen atoms in total. The molecule has 224 valence electrons. The van der Waals surface area contributed by atoms with Gasteiger partial charge in [-0.15, -0.1) is 23.2 Å². The molecule has 0 saturated carbocycles. The number of carbonyl (C=O) groups is 2. The number of ether oxygens (including phenoxy) is 2. The lowest BCUT2D eigenvalue weighted by molar-refractivity contribution is -0.126. The molecule has 2 aliphatic heterocycles. The van der Waals surface area contributed by atoms with Crippen molar-refractivity contribution in [2.75, 3.05) is 84.8 Å². The molecule has 2 amide bonds. The van der Waals surface area contributed by atoms with Gasteiger partial charge in [-0.3, -0.25) is 9.59 Å². The van der Waals surface area contributed by atoms with Crippen LogP contribution < -0.4 is 20.4 Å². The number of hydrogen-bond donors (Lipinski definition) is 2. The van der Waals surface area contributed by atoms with Gasteiger partial charge in [0.25, 0.3) is 11.8 Å². The highest BCUT2D eigenvalue weighted by Crippen LogP contribution is 2.21. The third kappa shape index (κ3) is 9.17. The zero-order valence-electron chi connectivity index (χ0n) is 22.2. The predicted octanol–water partition coefficient (Wildman–Crippen LogP) is 2.43. The van der Waals surface area contributed by atoms with Crippen LogP contribution >= 0.6 is 23.2 Å². The van der Waals surface area contributed by atoms with Gasteiger partial charge in [0.05, 0.1) is 25.0 Å². The number of amides is 2. The topological polar surface area (TPSA) is 136 Å². The highest BCUT2D eigenvalue weighted by atomic mass is 35.5. The molecule has 2 fully saturated rings. The zero-order valence-corrected chi connectivity index (χ0v) is 24.5. The Labute approximate surface area is 249 Å². The van der Waals surface area contributed by atoms with Gasteiger partial charge in [0.2, 0.25) is 0 Å². The fraction of sp³-hybridized carbons (Fsp3) is 0.462. The van der Waals surface area contributed by atoms with E-state index in [1.807, 2.05) is 0 Å². The molecule has 2 aromatic rings. The normalized spacial score (nSPS) is 17.8. The zero-order chi connectivity index (χ0) is 29.2. The third-order valence-electron chi connectivity index (χ3n) is 6.25. The first-order valence-electron chi connectivity index (χ1n) is 13.0. The number of morpholine rings is 2. The van der Waals surface area contributed by atoms with Gasteiger partial charge < -0.3 is 29.9 Å². The minimum Gasteiger partial charge on any atom is -0.382 e. The highest BCUT2D eigenvalue weighted by molar-refractivity contribution is 7.81. The number of hydrogen-bond acceptors (Lipinski definition) is 10. The molecule has 2 heterocycles. The molecule has 2 aliphatic rings. The van der Waals surface area contributed by atoms with E-state index in [2.05, 4.69) is 10.6 Å². The molecule has 0 aromatic heterocycles. The number of nitrogens with one attached hydrogen (secondary N) is 2. The summed E-state index contributed by atoms with van der Waals surface area (Å²) in [6.07, 6.45) is -1.83. The number of rotatable bonds is 14. The van der Waals surface area contributed by atoms with E-state index in [0.717, 1.165) is 11.4 Å². The fourth-order valence-corrected chi connectivity index (χ4v) is 5.63. The summed E-state index contributed by atoms with van der Waals surface area (Å²) >= 11 is 11.9. The first-order valence-corrected chi connectivity index (χ1v) is 15.4. The molecule has 15 heteroatoms. The van der Waals surface area contributed by atoms with Crippen LogP contribution in [0.25, 0.3) is 0 Å². The first kappa shape index (κ1) is 31.3. The van der Waals surface area contributed by atoms with Crippen LogP contribution in [0.1, 0.15) is 0 Å². The van der Waals surface area contributed by atoms with E-state index >= 15 is 0 Å². The van der Waals surface area contributed by atoms with E-state index in [4.69, 9.17) is 41.0 Å². The van der Waals surface area contributed by atoms with E-state index in [0.29, 0.717) is 37.7 Å². The van der Waals surface area contributed by atoms with E-state index in [1.165, 1.54) is 0 Å². The minimum absolute atomic E-state index is 0.0531. The number of carbonyl (C=O) groups excluding carboxylic acids is 2. The van der Waals surface area contributed by atoms with Crippen LogP contribution in [0.4, 0.5) is 22.7 Å². The van der Waals surface area contributed by atoms with Gasteiger partial charge in [-0.05, 0) is 48.5 Å². The molecule has 2 saturated heterocycles. The number of anilines is 4. The minimum atomic E-state index is -4.43. The van der Waals surface area contributed by atoms with E-state index in [-0.39, 0.29) is 49.9 Å². The predicted molar refractivity (Wildman–Crippen MR) is 156 cm³/mol. The number of benzene rings is 2. The van der Waals surface area contributed by atoms with Crippen molar-refractivity contribution < 1.29 is 35.8 Å². The quantitative estimate of drug-likeness (QED) is 0.300. The Balaban J connectivity index is 1.24. The first-order chi connectivity index (χ1) is 19.8. The number of halogens is 2. The van der Waals surface area contributed by atoms with Crippen molar-refractivity contribution in [3.63, 3.8) is 0 Å². The van der Waals surface area contributed by atoms with Gasteiger partial charge in [-0.1, -0.05) is 0 Å². The molecule has 2 atom stereocenters. The molecule has 2 aromatic carbocycles. The molecular formula is C26H32Cl2N4O8S. The summed E-state index contributed by atoms with van der Waals surface area (Å²) in [7, 11) is -4.43. The Bertz CT molecular complexity index is 1180. The molecule has 0 spiro atoms. The number of nitrogens with zero attached hydrogens (tertiary/aromatic N) is 2. The lowest BCUT2D eigenvalue weighted by atomic mass is 10.2. The molecule has 0 bridgehead atoms. The maximum atomic E-state index is 12.6. The maximum Gasteiger partial charge on any atom is 0.400 e.